The number of amides is 1. The number of rotatable bonds is 5. The topological polar surface area (TPSA) is 66.7 Å². The molecular formula is C18H17F2N3O3S. The maximum absolute atomic E-state index is 12.6. The highest BCUT2D eigenvalue weighted by atomic mass is 32.2. The van der Waals surface area contributed by atoms with E-state index in [4.69, 9.17) is 0 Å². The average molecular weight is 393 g/mol. The molecule has 0 unspecified atom stereocenters. The predicted molar refractivity (Wildman–Crippen MR) is 99.5 cm³/mol. The highest BCUT2D eigenvalue weighted by molar-refractivity contribution is 7.99. The first kappa shape index (κ1) is 19.1. The van der Waals surface area contributed by atoms with Gasteiger partial charge in [-0.1, -0.05) is 11.8 Å². The molecule has 27 heavy (non-hydrogen) atoms. The average Bonchev–Trinajstić information content (AvgIpc) is 2.68. The van der Waals surface area contributed by atoms with Gasteiger partial charge in [0.1, 0.15) is 0 Å². The molecule has 0 radical (unpaired) electrons. The van der Waals surface area contributed by atoms with Crippen LogP contribution in [0, 0.1) is 10.1 Å². The molecule has 3 rings (SSSR count). The minimum Gasteiger partial charge on any atom is -0.368 e. The zero-order chi connectivity index (χ0) is 19.4. The van der Waals surface area contributed by atoms with E-state index in [1.807, 2.05) is 0 Å². The zero-order valence-electron chi connectivity index (χ0n) is 14.3. The molecule has 0 N–H and O–H groups in total. The van der Waals surface area contributed by atoms with Crippen LogP contribution in [0.3, 0.4) is 0 Å². The third kappa shape index (κ3) is 4.73. The van der Waals surface area contributed by atoms with Crippen LogP contribution in [0.5, 0.6) is 0 Å². The maximum atomic E-state index is 12.6. The van der Waals surface area contributed by atoms with Crippen molar-refractivity contribution in [3.8, 4) is 0 Å². The Morgan fingerprint density at radius 2 is 1.59 bits per heavy atom. The van der Waals surface area contributed by atoms with Crippen molar-refractivity contribution in [1.29, 1.82) is 0 Å². The Labute approximate surface area is 158 Å². The number of anilines is 1. The van der Waals surface area contributed by atoms with E-state index in [1.165, 1.54) is 24.3 Å². The van der Waals surface area contributed by atoms with Gasteiger partial charge in [-0.3, -0.25) is 14.9 Å². The molecule has 1 amide bonds. The van der Waals surface area contributed by atoms with Gasteiger partial charge in [0.2, 0.25) is 0 Å². The van der Waals surface area contributed by atoms with Crippen molar-refractivity contribution in [2.75, 3.05) is 31.1 Å². The molecule has 0 aromatic heterocycles. The Morgan fingerprint density at radius 1 is 1.00 bits per heavy atom. The summed E-state index contributed by atoms with van der Waals surface area (Å²) < 4.78 is 24.7. The van der Waals surface area contributed by atoms with Crippen molar-refractivity contribution in [1.82, 2.24) is 4.90 Å². The summed E-state index contributed by atoms with van der Waals surface area (Å²) in [5, 5.41) is 10.7. The Balaban J connectivity index is 1.58. The first-order valence-corrected chi connectivity index (χ1v) is 9.15. The lowest BCUT2D eigenvalue weighted by Gasteiger charge is -2.36. The molecule has 9 heteroatoms. The fraction of sp³-hybridized carbons (Fsp3) is 0.278. The number of carbonyl (C=O) groups is 1. The smallest absolute Gasteiger partial charge is 0.288 e. The Hall–Kier alpha value is -2.68. The molecule has 0 bridgehead atoms. The van der Waals surface area contributed by atoms with E-state index >= 15 is 0 Å². The number of thioether (sulfide) groups is 1. The lowest BCUT2D eigenvalue weighted by Crippen LogP contribution is -2.48. The molecule has 1 aliphatic rings. The van der Waals surface area contributed by atoms with Crippen molar-refractivity contribution in [3.63, 3.8) is 0 Å². The van der Waals surface area contributed by atoms with Gasteiger partial charge < -0.3 is 9.80 Å². The summed E-state index contributed by atoms with van der Waals surface area (Å²) >= 11 is 0.448. The number of nitro groups is 1. The summed E-state index contributed by atoms with van der Waals surface area (Å²) in [5.41, 5.74) is 1.39. The van der Waals surface area contributed by atoms with Crippen molar-refractivity contribution in [3.05, 3.63) is 64.2 Å². The van der Waals surface area contributed by atoms with Crippen LogP contribution in [-0.2, 0) is 0 Å². The number of hydrogen-bond donors (Lipinski definition) is 0. The van der Waals surface area contributed by atoms with E-state index < -0.39 is 10.7 Å². The molecule has 1 aliphatic heterocycles. The van der Waals surface area contributed by atoms with E-state index in [2.05, 4.69) is 4.90 Å². The highest BCUT2D eigenvalue weighted by Gasteiger charge is 2.22. The van der Waals surface area contributed by atoms with E-state index in [9.17, 15) is 23.7 Å². The molecular weight excluding hydrogens is 376 g/mol. The van der Waals surface area contributed by atoms with E-state index in [-0.39, 0.29) is 11.6 Å². The fourth-order valence-electron chi connectivity index (χ4n) is 2.91. The number of halogens is 2. The molecule has 0 aliphatic carbocycles. The fourth-order valence-corrected chi connectivity index (χ4v) is 3.41. The molecule has 1 fully saturated rings. The van der Waals surface area contributed by atoms with Gasteiger partial charge in [0, 0.05) is 54.5 Å². The largest absolute Gasteiger partial charge is 0.368 e. The van der Waals surface area contributed by atoms with Crippen molar-refractivity contribution >= 4 is 29.0 Å². The van der Waals surface area contributed by atoms with Gasteiger partial charge in [-0.25, -0.2) is 0 Å². The second-order valence-electron chi connectivity index (χ2n) is 5.96. The van der Waals surface area contributed by atoms with Crippen molar-refractivity contribution in [2.24, 2.45) is 0 Å². The number of carbonyl (C=O) groups excluding carboxylic acids is 1. The van der Waals surface area contributed by atoms with Crippen LogP contribution in [-0.4, -0.2) is 47.7 Å². The Morgan fingerprint density at radius 3 is 2.11 bits per heavy atom. The molecule has 1 saturated heterocycles. The van der Waals surface area contributed by atoms with Crippen LogP contribution in [0.4, 0.5) is 20.2 Å². The molecule has 0 saturated carbocycles. The van der Waals surface area contributed by atoms with Gasteiger partial charge in [-0.15, -0.1) is 0 Å². The quantitative estimate of drug-likeness (QED) is 0.438. The predicted octanol–water partition coefficient (Wildman–Crippen LogP) is 3.87. The normalized spacial score (nSPS) is 14.5. The monoisotopic (exact) mass is 393 g/mol. The van der Waals surface area contributed by atoms with Crippen LogP contribution in [0.15, 0.2) is 53.4 Å². The summed E-state index contributed by atoms with van der Waals surface area (Å²) in [5.74, 6) is -2.62. The molecule has 2 aromatic rings. The molecule has 1 heterocycles. The minimum absolute atomic E-state index is 0.0426. The third-order valence-corrected chi connectivity index (χ3v) is 5.04. The summed E-state index contributed by atoms with van der Waals surface area (Å²) in [6, 6.07) is 12.5. The van der Waals surface area contributed by atoms with Gasteiger partial charge >= 0.3 is 0 Å². The van der Waals surface area contributed by atoms with Crippen LogP contribution >= 0.6 is 11.8 Å². The molecule has 0 atom stereocenters. The standard InChI is InChI=1S/C18H17F2N3O3S/c19-18(20)27-16-7-1-13(2-8-16)17(24)22-11-9-21(10-12-22)14-3-5-15(6-4-14)23(25)26/h1-8,18H,9-12H2. The molecule has 6 nitrogen and oxygen atoms in total. The van der Waals surface area contributed by atoms with Gasteiger partial charge in [0.25, 0.3) is 17.4 Å². The number of nitrogens with zero attached hydrogens (tertiary/aromatic N) is 3. The van der Waals surface area contributed by atoms with Crippen LogP contribution in [0.2, 0.25) is 0 Å². The SMILES string of the molecule is O=C(c1ccc(SC(F)F)cc1)N1CCN(c2ccc([N+](=O)[O-])cc2)CC1. The number of non-ortho nitro benzene ring substituents is 1. The van der Waals surface area contributed by atoms with Gasteiger partial charge in [0.15, 0.2) is 0 Å². The van der Waals surface area contributed by atoms with E-state index in [1.54, 1.807) is 29.2 Å². The second kappa shape index (κ2) is 8.34. The zero-order valence-corrected chi connectivity index (χ0v) is 15.1. The summed E-state index contributed by atoms with van der Waals surface area (Å²) in [6.45, 7) is 2.26. The van der Waals surface area contributed by atoms with E-state index in [0.717, 1.165) is 5.69 Å². The third-order valence-electron chi connectivity index (χ3n) is 4.32. The number of nitro benzene ring substituents is 1. The maximum Gasteiger partial charge on any atom is 0.288 e. The summed E-state index contributed by atoms with van der Waals surface area (Å²) in [6.07, 6.45) is 0. The number of hydrogen-bond acceptors (Lipinski definition) is 5. The van der Waals surface area contributed by atoms with Crippen LogP contribution < -0.4 is 4.90 Å². The van der Waals surface area contributed by atoms with Gasteiger partial charge in [0.05, 0.1) is 4.92 Å². The lowest BCUT2D eigenvalue weighted by molar-refractivity contribution is -0.384. The van der Waals surface area contributed by atoms with Crippen molar-refractivity contribution in [2.45, 2.75) is 10.7 Å². The van der Waals surface area contributed by atoms with Crippen molar-refractivity contribution < 1.29 is 18.5 Å². The Kier molecular flexibility index (Phi) is 5.90. The second-order valence-corrected chi connectivity index (χ2v) is 7.02. The van der Waals surface area contributed by atoms with Gasteiger partial charge in [-0.2, -0.15) is 8.78 Å². The molecule has 0 spiro atoms. The summed E-state index contributed by atoms with van der Waals surface area (Å²) in [7, 11) is 0. The first-order chi connectivity index (χ1) is 12.9. The molecule has 2 aromatic carbocycles. The first-order valence-electron chi connectivity index (χ1n) is 8.27. The van der Waals surface area contributed by atoms with Crippen LogP contribution in [0.25, 0.3) is 0 Å². The number of alkyl halides is 2. The highest BCUT2D eigenvalue weighted by Crippen LogP contribution is 2.26. The number of benzene rings is 2. The summed E-state index contributed by atoms with van der Waals surface area (Å²) in [4.78, 5) is 27.1. The van der Waals surface area contributed by atoms with Crippen LogP contribution in [0.1, 0.15) is 10.4 Å². The minimum atomic E-state index is -2.49. The number of piperazine rings is 1. The molecule has 142 valence electrons. The van der Waals surface area contributed by atoms with Gasteiger partial charge in [-0.05, 0) is 36.4 Å². The van der Waals surface area contributed by atoms with E-state index in [0.29, 0.717) is 48.4 Å². The Bertz CT molecular complexity index is 808. The lowest BCUT2D eigenvalue weighted by atomic mass is 10.1.